The molecule has 1 aliphatic heterocycles. The number of hydrogen-bond acceptors (Lipinski definition) is 4. The summed E-state index contributed by atoms with van der Waals surface area (Å²) in [6.07, 6.45) is 4.72. The molecular weight excluding hydrogens is 276 g/mol. The Hall–Kier alpha value is -1.88. The van der Waals surface area contributed by atoms with Gasteiger partial charge in [0, 0.05) is 19.1 Å². The molecule has 5 heteroatoms. The average molecular weight is 300 g/mol. The van der Waals surface area contributed by atoms with E-state index in [1.807, 2.05) is 18.2 Å². The molecule has 1 aliphatic rings. The standard InChI is InChI=1S/C17H24N4O/c1-2-3-10-21-11-8-13(9-12-21)18-17-19-15-7-5-4-6-14(15)16(22)20-17/h4-7,13H,2-3,8-12H2,1H3,(H2,18,19,20,22). The van der Waals surface area contributed by atoms with E-state index in [-0.39, 0.29) is 5.56 Å². The lowest BCUT2D eigenvalue weighted by Gasteiger charge is -2.32. The third-order valence-electron chi connectivity index (χ3n) is 4.37. The summed E-state index contributed by atoms with van der Waals surface area (Å²) in [6, 6.07) is 7.84. The Kier molecular flexibility index (Phi) is 4.73. The molecule has 22 heavy (non-hydrogen) atoms. The van der Waals surface area contributed by atoms with Crippen molar-refractivity contribution < 1.29 is 0 Å². The highest BCUT2D eigenvalue weighted by molar-refractivity contribution is 5.78. The predicted octanol–water partition coefficient (Wildman–Crippen LogP) is 2.60. The first-order valence-electron chi connectivity index (χ1n) is 8.24. The van der Waals surface area contributed by atoms with Crippen LogP contribution in [-0.4, -0.2) is 40.5 Å². The fraction of sp³-hybridized carbons (Fsp3) is 0.529. The molecule has 2 N–H and O–H groups in total. The molecule has 1 saturated heterocycles. The van der Waals surface area contributed by atoms with Crippen molar-refractivity contribution in [1.29, 1.82) is 0 Å². The van der Waals surface area contributed by atoms with Crippen LogP contribution in [0.15, 0.2) is 29.1 Å². The molecule has 1 aromatic carbocycles. The molecule has 3 rings (SSSR count). The third-order valence-corrected chi connectivity index (χ3v) is 4.37. The van der Waals surface area contributed by atoms with E-state index in [2.05, 4.69) is 27.1 Å². The van der Waals surface area contributed by atoms with Gasteiger partial charge in [0.25, 0.3) is 5.56 Å². The maximum Gasteiger partial charge on any atom is 0.260 e. The Labute approximate surface area is 130 Å². The molecule has 0 radical (unpaired) electrons. The summed E-state index contributed by atoms with van der Waals surface area (Å²) >= 11 is 0. The van der Waals surface area contributed by atoms with Crippen LogP contribution in [0.2, 0.25) is 0 Å². The molecule has 0 aliphatic carbocycles. The molecular formula is C17H24N4O. The number of nitrogens with zero attached hydrogens (tertiary/aromatic N) is 2. The highest BCUT2D eigenvalue weighted by Crippen LogP contribution is 2.15. The molecule has 0 bridgehead atoms. The fourth-order valence-corrected chi connectivity index (χ4v) is 3.03. The highest BCUT2D eigenvalue weighted by atomic mass is 16.1. The summed E-state index contributed by atoms with van der Waals surface area (Å²) < 4.78 is 0. The SMILES string of the molecule is CCCCN1CCC(Nc2nc3ccccc3c(=O)[nH]2)CC1. The molecule has 0 saturated carbocycles. The van der Waals surface area contributed by atoms with Crippen LogP contribution >= 0.6 is 0 Å². The molecule has 0 atom stereocenters. The van der Waals surface area contributed by atoms with Crippen LogP contribution in [0.4, 0.5) is 5.95 Å². The second-order valence-corrected chi connectivity index (χ2v) is 6.05. The molecule has 118 valence electrons. The van der Waals surface area contributed by atoms with Gasteiger partial charge in [-0.1, -0.05) is 25.5 Å². The number of rotatable bonds is 5. The predicted molar refractivity (Wildman–Crippen MR) is 90.4 cm³/mol. The number of aromatic amines is 1. The van der Waals surface area contributed by atoms with Crippen molar-refractivity contribution in [2.75, 3.05) is 25.0 Å². The third kappa shape index (κ3) is 3.47. The van der Waals surface area contributed by atoms with Gasteiger partial charge in [0.2, 0.25) is 5.95 Å². The zero-order valence-corrected chi connectivity index (χ0v) is 13.1. The van der Waals surface area contributed by atoms with E-state index in [0.717, 1.165) is 31.4 Å². The van der Waals surface area contributed by atoms with Crippen LogP contribution in [0.3, 0.4) is 0 Å². The summed E-state index contributed by atoms with van der Waals surface area (Å²) in [5.74, 6) is 0.593. The number of benzene rings is 1. The fourth-order valence-electron chi connectivity index (χ4n) is 3.03. The zero-order valence-electron chi connectivity index (χ0n) is 13.1. The highest BCUT2D eigenvalue weighted by Gasteiger charge is 2.19. The Morgan fingerprint density at radius 2 is 2.09 bits per heavy atom. The summed E-state index contributed by atoms with van der Waals surface area (Å²) in [6.45, 7) is 5.68. The van der Waals surface area contributed by atoms with Crippen LogP contribution in [0.1, 0.15) is 32.6 Å². The van der Waals surface area contributed by atoms with Crippen molar-refractivity contribution in [3.05, 3.63) is 34.6 Å². The molecule has 1 aromatic heterocycles. The number of nitrogens with one attached hydrogen (secondary N) is 2. The minimum atomic E-state index is -0.0755. The van der Waals surface area contributed by atoms with Gasteiger partial charge < -0.3 is 10.2 Å². The number of para-hydroxylation sites is 1. The van der Waals surface area contributed by atoms with Crippen molar-refractivity contribution >= 4 is 16.9 Å². The summed E-state index contributed by atoms with van der Waals surface area (Å²) in [5.41, 5.74) is 0.669. The molecule has 2 heterocycles. The van der Waals surface area contributed by atoms with E-state index in [0.29, 0.717) is 17.4 Å². The lowest BCUT2D eigenvalue weighted by Crippen LogP contribution is -2.40. The normalized spacial score (nSPS) is 17.0. The van der Waals surface area contributed by atoms with Gasteiger partial charge in [0.05, 0.1) is 10.9 Å². The number of anilines is 1. The second-order valence-electron chi connectivity index (χ2n) is 6.05. The van der Waals surface area contributed by atoms with Gasteiger partial charge in [0.15, 0.2) is 0 Å². The molecule has 0 spiro atoms. The monoisotopic (exact) mass is 300 g/mol. The van der Waals surface area contributed by atoms with Crippen molar-refractivity contribution in [2.45, 2.75) is 38.6 Å². The molecule has 0 amide bonds. The number of aromatic nitrogens is 2. The van der Waals surface area contributed by atoms with Gasteiger partial charge in [0.1, 0.15) is 0 Å². The van der Waals surface area contributed by atoms with Crippen molar-refractivity contribution in [3.8, 4) is 0 Å². The van der Waals surface area contributed by atoms with Crippen LogP contribution in [0.5, 0.6) is 0 Å². The second kappa shape index (κ2) is 6.92. The van der Waals surface area contributed by atoms with Crippen LogP contribution in [0.25, 0.3) is 10.9 Å². The van der Waals surface area contributed by atoms with Gasteiger partial charge >= 0.3 is 0 Å². The largest absolute Gasteiger partial charge is 0.353 e. The van der Waals surface area contributed by atoms with Gasteiger partial charge in [-0.3, -0.25) is 9.78 Å². The molecule has 5 nitrogen and oxygen atoms in total. The van der Waals surface area contributed by atoms with E-state index in [9.17, 15) is 4.79 Å². The lowest BCUT2D eigenvalue weighted by molar-refractivity contribution is 0.216. The van der Waals surface area contributed by atoms with E-state index in [1.54, 1.807) is 6.07 Å². The molecule has 2 aromatic rings. The quantitative estimate of drug-likeness (QED) is 0.891. The van der Waals surface area contributed by atoms with Gasteiger partial charge in [-0.15, -0.1) is 0 Å². The summed E-state index contributed by atoms with van der Waals surface area (Å²) in [5, 5.41) is 4.04. The summed E-state index contributed by atoms with van der Waals surface area (Å²) in [4.78, 5) is 22.0. The van der Waals surface area contributed by atoms with Gasteiger partial charge in [-0.25, -0.2) is 4.98 Å². The summed E-state index contributed by atoms with van der Waals surface area (Å²) in [7, 11) is 0. The first-order valence-corrected chi connectivity index (χ1v) is 8.24. The number of unbranched alkanes of at least 4 members (excludes halogenated alkanes) is 1. The minimum absolute atomic E-state index is 0.0755. The zero-order chi connectivity index (χ0) is 15.4. The van der Waals surface area contributed by atoms with Crippen LogP contribution in [0, 0.1) is 0 Å². The number of H-pyrrole nitrogens is 1. The minimum Gasteiger partial charge on any atom is -0.353 e. The number of likely N-dealkylation sites (tertiary alicyclic amines) is 1. The maximum absolute atomic E-state index is 12.1. The Morgan fingerprint density at radius 1 is 1.32 bits per heavy atom. The smallest absolute Gasteiger partial charge is 0.260 e. The maximum atomic E-state index is 12.1. The molecule has 0 unspecified atom stereocenters. The first kappa shape index (κ1) is 15.0. The van der Waals surface area contributed by atoms with E-state index in [1.165, 1.54) is 19.4 Å². The number of piperidine rings is 1. The van der Waals surface area contributed by atoms with E-state index < -0.39 is 0 Å². The van der Waals surface area contributed by atoms with Crippen molar-refractivity contribution in [1.82, 2.24) is 14.9 Å². The van der Waals surface area contributed by atoms with Crippen molar-refractivity contribution in [3.63, 3.8) is 0 Å². The Bertz CT molecular complexity index is 674. The van der Waals surface area contributed by atoms with Crippen molar-refractivity contribution in [2.24, 2.45) is 0 Å². The van der Waals surface area contributed by atoms with Crippen LogP contribution < -0.4 is 10.9 Å². The first-order chi connectivity index (χ1) is 10.8. The van der Waals surface area contributed by atoms with E-state index in [4.69, 9.17) is 0 Å². The molecule has 1 fully saturated rings. The number of fused-ring (bicyclic) bond motifs is 1. The van der Waals surface area contributed by atoms with Crippen LogP contribution in [-0.2, 0) is 0 Å². The topological polar surface area (TPSA) is 61.0 Å². The lowest BCUT2D eigenvalue weighted by atomic mass is 10.0. The number of hydrogen-bond donors (Lipinski definition) is 2. The Balaban J connectivity index is 1.63. The van der Waals surface area contributed by atoms with E-state index >= 15 is 0 Å². The van der Waals surface area contributed by atoms with Gasteiger partial charge in [-0.2, -0.15) is 0 Å². The average Bonchev–Trinajstić information content (AvgIpc) is 2.54. The Morgan fingerprint density at radius 3 is 2.86 bits per heavy atom. The van der Waals surface area contributed by atoms with Gasteiger partial charge in [-0.05, 0) is 37.9 Å².